The summed E-state index contributed by atoms with van der Waals surface area (Å²) in [6, 6.07) is 0. The van der Waals surface area contributed by atoms with Gasteiger partial charge in [0.2, 0.25) is 0 Å². The second-order valence-electron chi connectivity index (χ2n) is 2.07. The van der Waals surface area contributed by atoms with Crippen LogP contribution >= 0.6 is 7.82 Å². The summed E-state index contributed by atoms with van der Waals surface area (Å²) >= 11 is 0. The largest absolute Gasteiger partial charge is 0.471 e. The van der Waals surface area contributed by atoms with Crippen LogP contribution in [0.25, 0.3) is 0 Å². The average molecular weight is 184 g/mol. The predicted octanol–water partition coefficient (Wildman–Crippen LogP) is -0.881. The Morgan fingerprint density at radius 3 is 2.45 bits per heavy atom. The van der Waals surface area contributed by atoms with E-state index in [-0.39, 0.29) is 0 Å². The Morgan fingerprint density at radius 2 is 2.09 bits per heavy atom. The van der Waals surface area contributed by atoms with Crippen molar-refractivity contribution in [2.45, 2.75) is 19.1 Å². The molecule has 0 aromatic heterocycles. The molecule has 1 atom stereocenters. The lowest BCUT2D eigenvalue weighted by Gasteiger charge is -2.12. The van der Waals surface area contributed by atoms with E-state index >= 15 is 0 Å². The zero-order valence-corrected chi connectivity index (χ0v) is 6.91. The molecular formula is C4H13N2O4P. The maximum atomic E-state index is 10.2. The molecule has 0 radical (unpaired) electrons. The Labute approximate surface area is 64.8 Å². The molecule has 0 fully saturated rings. The second kappa shape index (κ2) is 4.82. The van der Waals surface area contributed by atoms with Gasteiger partial charge in [0.15, 0.2) is 0 Å². The number of phosphoric ester groups is 1. The number of hydrogen-bond donors (Lipinski definition) is 4. The molecule has 1 unspecified atom stereocenters. The van der Waals surface area contributed by atoms with E-state index in [0.29, 0.717) is 19.4 Å². The Kier molecular flexibility index (Phi) is 4.83. The summed E-state index contributed by atoms with van der Waals surface area (Å²) in [7, 11) is -4.43. The van der Waals surface area contributed by atoms with Gasteiger partial charge in [0.1, 0.15) is 6.23 Å². The zero-order valence-electron chi connectivity index (χ0n) is 6.01. The fourth-order valence-corrected chi connectivity index (χ4v) is 1.01. The average Bonchev–Trinajstić information content (AvgIpc) is 1.79. The molecule has 0 aliphatic rings. The Hall–Kier alpha value is 0.0300. The minimum atomic E-state index is -4.43. The summed E-state index contributed by atoms with van der Waals surface area (Å²) in [6.07, 6.45) is 0.00218. The smallest absolute Gasteiger partial charge is 0.330 e. The first-order chi connectivity index (χ1) is 4.95. The lowest BCUT2D eigenvalue weighted by molar-refractivity contribution is 0.130. The van der Waals surface area contributed by atoms with Gasteiger partial charge in [-0.25, -0.2) is 4.57 Å². The summed E-state index contributed by atoms with van der Waals surface area (Å²) in [6.45, 7) is 0.429. The van der Waals surface area contributed by atoms with Crippen LogP contribution in [0.15, 0.2) is 0 Å². The molecule has 0 amide bonds. The highest BCUT2D eigenvalue weighted by Gasteiger charge is 2.18. The SMILES string of the molecule is NCCCC(N)OP(=O)(O)O. The van der Waals surface area contributed by atoms with Gasteiger partial charge < -0.3 is 21.3 Å². The van der Waals surface area contributed by atoms with Crippen molar-refractivity contribution in [3.63, 3.8) is 0 Å². The first-order valence-corrected chi connectivity index (χ1v) is 4.68. The first kappa shape index (κ1) is 11.0. The van der Waals surface area contributed by atoms with E-state index in [1.165, 1.54) is 0 Å². The highest BCUT2D eigenvalue weighted by atomic mass is 31.2. The third-order valence-corrected chi connectivity index (χ3v) is 1.51. The van der Waals surface area contributed by atoms with E-state index in [4.69, 9.17) is 21.3 Å². The van der Waals surface area contributed by atoms with Crippen LogP contribution in [-0.2, 0) is 9.09 Å². The molecule has 0 aliphatic heterocycles. The third kappa shape index (κ3) is 7.93. The van der Waals surface area contributed by atoms with Gasteiger partial charge in [-0.2, -0.15) is 0 Å². The molecule has 6 nitrogen and oxygen atoms in total. The van der Waals surface area contributed by atoms with Gasteiger partial charge in [0.05, 0.1) is 0 Å². The summed E-state index contributed by atoms with van der Waals surface area (Å²) in [5.74, 6) is 0. The molecule has 0 aliphatic carbocycles. The monoisotopic (exact) mass is 184 g/mol. The molecule has 7 heteroatoms. The Balaban J connectivity index is 3.52. The van der Waals surface area contributed by atoms with Crippen molar-refractivity contribution in [2.75, 3.05) is 6.54 Å². The van der Waals surface area contributed by atoms with Crippen LogP contribution in [0, 0.1) is 0 Å². The van der Waals surface area contributed by atoms with Crippen LogP contribution in [0.5, 0.6) is 0 Å². The van der Waals surface area contributed by atoms with Crippen molar-refractivity contribution in [1.82, 2.24) is 0 Å². The molecule has 11 heavy (non-hydrogen) atoms. The molecule has 0 rings (SSSR count). The molecular weight excluding hydrogens is 171 g/mol. The topological polar surface area (TPSA) is 119 Å². The molecule has 0 aromatic rings. The number of nitrogens with two attached hydrogens (primary N) is 2. The Bertz CT molecular complexity index is 147. The standard InChI is InChI=1S/C4H13N2O4P/c5-3-1-2-4(6)10-11(7,8)9/h4H,1-3,5-6H2,(H2,7,8,9). The second-order valence-corrected chi connectivity index (χ2v) is 3.26. The molecule has 0 spiro atoms. The zero-order chi connectivity index (χ0) is 8.91. The van der Waals surface area contributed by atoms with E-state index in [2.05, 4.69) is 4.52 Å². The minimum absolute atomic E-state index is 0.349. The van der Waals surface area contributed by atoms with Crippen molar-refractivity contribution in [1.29, 1.82) is 0 Å². The first-order valence-electron chi connectivity index (χ1n) is 3.15. The van der Waals surface area contributed by atoms with Crippen molar-refractivity contribution >= 4 is 7.82 Å². The van der Waals surface area contributed by atoms with Crippen molar-refractivity contribution < 1.29 is 18.9 Å². The molecule has 6 N–H and O–H groups in total. The van der Waals surface area contributed by atoms with Crippen molar-refractivity contribution in [3.05, 3.63) is 0 Å². The lowest BCUT2D eigenvalue weighted by Crippen LogP contribution is -2.23. The van der Waals surface area contributed by atoms with E-state index in [0.717, 1.165) is 0 Å². The quantitative estimate of drug-likeness (QED) is 0.325. The highest BCUT2D eigenvalue weighted by molar-refractivity contribution is 7.46. The van der Waals surface area contributed by atoms with Gasteiger partial charge >= 0.3 is 7.82 Å². The van der Waals surface area contributed by atoms with Gasteiger partial charge in [-0.1, -0.05) is 0 Å². The van der Waals surface area contributed by atoms with E-state index < -0.39 is 14.1 Å². The maximum absolute atomic E-state index is 10.2. The summed E-state index contributed by atoms with van der Waals surface area (Å²) in [4.78, 5) is 16.5. The molecule has 0 bridgehead atoms. The molecule has 0 saturated heterocycles. The van der Waals surface area contributed by atoms with Crippen LogP contribution in [0.2, 0.25) is 0 Å². The number of rotatable bonds is 5. The fraction of sp³-hybridized carbons (Fsp3) is 1.00. The van der Waals surface area contributed by atoms with Crippen LogP contribution in [0.3, 0.4) is 0 Å². The van der Waals surface area contributed by atoms with Crippen molar-refractivity contribution in [3.8, 4) is 0 Å². The molecule has 68 valence electrons. The van der Waals surface area contributed by atoms with Crippen LogP contribution in [-0.4, -0.2) is 22.6 Å². The van der Waals surface area contributed by atoms with E-state index in [1.54, 1.807) is 0 Å². The maximum Gasteiger partial charge on any atom is 0.471 e. The van der Waals surface area contributed by atoms with Gasteiger partial charge in [-0.15, -0.1) is 0 Å². The van der Waals surface area contributed by atoms with Gasteiger partial charge in [-0.3, -0.25) is 4.52 Å². The van der Waals surface area contributed by atoms with Crippen LogP contribution in [0.1, 0.15) is 12.8 Å². The fourth-order valence-electron chi connectivity index (χ4n) is 0.548. The summed E-state index contributed by atoms with van der Waals surface area (Å²) < 4.78 is 14.3. The van der Waals surface area contributed by atoms with Crippen molar-refractivity contribution in [2.24, 2.45) is 11.5 Å². The normalized spacial score (nSPS) is 14.9. The van der Waals surface area contributed by atoms with Gasteiger partial charge in [0.25, 0.3) is 0 Å². The third-order valence-electron chi connectivity index (χ3n) is 0.965. The predicted molar refractivity (Wildman–Crippen MR) is 39.4 cm³/mol. The van der Waals surface area contributed by atoms with E-state index in [1.807, 2.05) is 0 Å². The lowest BCUT2D eigenvalue weighted by atomic mass is 10.3. The summed E-state index contributed by atoms with van der Waals surface area (Å²) in [5, 5.41) is 0. The minimum Gasteiger partial charge on any atom is -0.330 e. The number of hydrogen-bond acceptors (Lipinski definition) is 4. The van der Waals surface area contributed by atoms with Crippen LogP contribution < -0.4 is 11.5 Å². The molecule has 0 heterocycles. The summed E-state index contributed by atoms with van der Waals surface area (Å²) in [5.41, 5.74) is 10.3. The highest BCUT2D eigenvalue weighted by Crippen LogP contribution is 2.37. The molecule has 0 saturated carbocycles. The van der Waals surface area contributed by atoms with E-state index in [9.17, 15) is 4.57 Å². The van der Waals surface area contributed by atoms with Gasteiger partial charge in [0, 0.05) is 0 Å². The van der Waals surface area contributed by atoms with Gasteiger partial charge in [-0.05, 0) is 19.4 Å². The molecule has 0 aromatic carbocycles. The van der Waals surface area contributed by atoms with Crippen LogP contribution in [0.4, 0.5) is 0 Å². The Morgan fingerprint density at radius 1 is 1.55 bits per heavy atom. The number of phosphoric acid groups is 1.